The molecule has 1 N–H and O–H groups in total. The second-order valence-electron chi connectivity index (χ2n) is 9.78. The summed E-state index contributed by atoms with van der Waals surface area (Å²) in [5, 5.41) is 1.69. The van der Waals surface area contributed by atoms with E-state index in [4.69, 9.17) is 9.47 Å². The highest BCUT2D eigenvalue weighted by molar-refractivity contribution is 7.92. The summed E-state index contributed by atoms with van der Waals surface area (Å²) in [7, 11) is 0. The molecule has 1 unspecified atom stereocenters. The Morgan fingerprint density at radius 3 is 2.12 bits per heavy atom. The van der Waals surface area contributed by atoms with Gasteiger partial charge in [0.25, 0.3) is 11.8 Å². The van der Waals surface area contributed by atoms with Crippen molar-refractivity contribution in [1.29, 1.82) is 0 Å². The van der Waals surface area contributed by atoms with Crippen LogP contribution in [0.25, 0.3) is 0 Å². The monoisotopic (exact) mass is 572 g/mol. The number of aryl methyl sites for hydroxylation is 1. The van der Waals surface area contributed by atoms with Gasteiger partial charge in [0.15, 0.2) is 12.1 Å². The van der Waals surface area contributed by atoms with Crippen LogP contribution in [0.3, 0.4) is 0 Å². The summed E-state index contributed by atoms with van der Waals surface area (Å²) in [6.07, 6.45) is -0.799. The number of β-lactam (4-membered cyclic amide) rings is 1. The van der Waals surface area contributed by atoms with Gasteiger partial charge in [0.1, 0.15) is 18.1 Å². The summed E-state index contributed by atoms with van der Waals surface area (Å²) in [4.78, 5) is 52.8. The minimum absolute atomic E-state index is 0.126. The van der Waals surface area contributed by atoms with Gasteiger partial charge in [-0.15, -0.1) is 0 Å². The molecule has 0 aromatic heterocycles. The van der Waals surface area contributed by atoms with E-state index >= 15 is 0 Å². The van der Waals surface area contributed by atoms with Gasteiger partial charge in [-0.3, -0.25) is 19.3 Å². The van der Waals surface area contributed by atoms with Crippen LogP contribution in [0, 0.1) is 6.92 Å². The fourth-order valence-electron chi connectivity index (χ4n) is 4.82. The van der Waals surface area contributed by atoms with Crippen LogP contribution in [0.2, 0.25) is 0 Å². The number of hydrogen-bond donors (Lipinski definition) is 1. The van der Waals surface area contributed by atoms with Crippen LogP contribution in [0.4, 0.5) is 0 Å². The largest absolute Gasteiger partial charge is 0.614 e. The Kier molecular flexibility index (Phi) is 8.23. The molecule has 0 radical (unpaired) electrons. The molecule has 0 aliphatic carbocycles. The molecule has 41 heavy (non-hydrogen) atoms. The lowest BCUT2D eigenvalue weighted by atomic mass is 10.0. The molecule has 2 aliphatic heterocycles. The Morgan fingerprint density at radius 2 is 1.56 bits per heavy atom. The Hall–Kier alpha value is -4.41. The minimum atomic E-state index is -1.69. The van der Waals surface area contributed by atoms with Crippen LogP contribution in [0.5, 0.6) is 0 Å². The molecule has 210 valence electrons. The molecule has 10 heteroatoms. The van der Waals surface area contributed by atoms with Gasteiger partial charge >= 0.3 is 11.9 Å². The van der Waals surface area contributed by atoms with E-state index in [0.717, 1.165) is 10.5 Å². The highest BCUT2D eigenvalue weighted by Crippen LogP contribution is 2.39. The number of nitrogens with one attached hydrogen (secondary N) is 1. The van der Waals surface area contributed by atoms with Crippen molar-refractivity contribution in [2.24, 2.45) is 0 Å². The molecule has 0 spiro atoms. The van der Waals surface area contributed by atoms with E-state index in [1.807, 2.05) is 67.6 Å². The molecule has 0 bridgehead atoms. The molecule has 1 saturated heterocycles. The smallest absolute Gasteiger partial charge is 0.356 e. The summed E-state index contributed by atoms with van der Waals surface area (Å²) in [6, 6.07) is 24.0. The number of amides is 2. The molecule has 9 nitrogen and oxygen atoms in total. The van der Waals surface area contributed by atoms with Crippen molar-refractivity contribution in [1.82, 2.24) is 10.2 Å². The summed E-state index contributed by atoms with van der Waals surface area (Å²) < 4.78 is 24.5. The quantitative estimate of drug-likeness (QED) is 0.250. The standard InChI is InChI=1S/C31H28N2O7S/c1-19-13-15-23(16-14-19)28(35)32-25-29(36)33-26(24(17-39-20(2)34)18-41(38)30(25)33)31(37)40-27(21-9-5-3-6-10-21)22-11-7-4-8-12-22/h3-16,25,27,30H,17-18H2,1-2H3,(H,32,35)/t25-,30+,41?/m1/s1. The first kappa shape index (κ1) is 28.1. The van der Waals surface area contributed by atoms with Crippen LogP contribution < -0.4 is 5.32 Å². The summed E-state index contributed by atoms with van der Waals surface area (Å²) in [5.74, 6) is -2.66. The summed E-state index contributed by atoms with van der Waals surface area (Å²) in [6.45, 7) is 2.78. The van der Waals surface area contributed by atoms with Crippen LogP contribution in [0.1, 0.15) is 40.1 Å². The van der Waals surface area contributed by atoms with Gasteiger partial charge in [-0.2, -0.15) is 0 Å². The number of benzene rings is 3. The average Bonchev–Trinajstić information content (AvgIpc) is 2.98. The number of fused-ring (bicyclic) bond motifs is 1. The normalized spacial score (nSPS) is 19.8. The topological polar surface area (TPSA) is 125 Å². The van der Waals surface area contributed by atoms with Gasteiger partial charge < -0.3 is 19.3 Å². The molecular weight excluding hydrogens is 544 g/mol. The third-order valence-corrected chi connectivity index (χ3v) is 8.53. The van der Waals surface area contributed by atoms with Gasteiger partial charge in [-0.25, -0.2) is 4.79 Å². The first-order chi connectivity index (χ1) is 19.7. The molecule has 2 amide bonds. The third-order valence-electron chi connectivity index (χ3n) is 6.88. The maximum Gasteiger partial charge on any atom is 0.356 e. The van der Waals surface area contributed by atoms with Crippen molar-refractivity contribution in [2.75, 3.05) is 12.4 Å². The highest BCUT2D eigenvalue weighted by Gasteiger charge is 2.61. The molecule has 1 fully saturated rings. The molecule has 2 heterocycles. The number of carbonyl (C=O) groups is 4. The van der Waals surface area contributed by atoms with Gasteiger partial charge in [0.05, 0.1) is 0 Å². The van der Waals surface area contributed by atoms with Crippen LogP contribution in [0.15, 0.2) is 96.2 Å². The lowest BCUT2D eigenvalue weighted by molar-refractivity contribution is -0.154. The number of hydrogen-bond acceptors (Lipinski definition) is 7. The van der Waals surface area contributed by atoms with Crippen LogP contribution in [-0.2, 0) is 35.0 Å². The van der Waals surface area contributed by atoms with E-state index in [0.29, 0.717) is 16.7 Å². The number of nitrogens with zero attached hydrogens (tertiary/aromatic N) is 1. The fraction of sp³-hybridized carbons (Fsp3) is 0.226. The van der Waals surface area contributed by atoms with Crippen molar-refractivity contribution >= 4 is 34.9 Å². The SMILES string of the molecule is CC(=O)OCC1=C(C(=O)OC(c2ccccc2)c2ccccc2)N2C(=O)[C@@H](NC(=O)c3ccc(C)cc3)[C@@H]2[S+]([O-])C1. The zero-order valence-electron chi connectivity index (χ0n) is 22.4. The number of esters is 2. The Balaban J connectivity index is 1.45. The Morgan fingerprint density at radius 1 is 0.976 bits per heavy atom. The lowest BCUT2D eigenvalue weighted by Crippen LogP contribution is -2.75. The van der Waals surface area contributed by atoms with Gasteiger partial charge in [0, 0.05) is 18.1 Å². The number of ether oxygens (including phenoxy) is 2. The van der Waals surface area contributed by atoms with Gasteiger partial charge in [-0.1, -0.05) is 78.4 Å². The molecule has 0 saturated carbocycles. The molecule has 3 aromatic carbocycles. The lowest BCUT2D eigenvalue weighted by Gasteiger charge is -2.49. The van der Waals surface area contributed by atoms with Crippen LogP contribution in [-0.4, -0.2) is 57.0 Å². The molecule has 2 aliphatic rings. The number of rotatable bonds is 8. The number of carbonyl (C=O) groups excluding carboxylic acids is 4. The van der Waals surface area contributed by atoms with E-state index in [1.165, 1.54) is 6.92 Å². The summed E-state index contributed by atoms with van der Waals surface area (Å²) in [5.41, 5.74) is 2.82. The first-order valence-electron chi connectivity index (χ1n) is 13.0. The second kappa shape index (κ2) is 12.0. The maximum absolute atomic E-state index is 13.8. The zero-order valence-corrected chi connectivity index (χ0v) is 23.3. The van der Waals surface area contributed by atoms with Gasteiger partial charge in [0.2, 0.25) is 5.37 Å². The Labute approximate surface area is 240 Å². The predicted molar refractivity (Wildman–Crippen MR) is 151 cm³/mol. The molecular formula is C31H28N2O7S. The first-order valence-corrected chi connectivity index (χ1v) is 14.4. The van der Waals surface area contributed by atoms with E-state index in [1.54, 1.807) is 24.3 Å². The second-order valence-corrected chi connectivity index (χ2v) is 11.3. The van der Waals surface area contributed by atoms with Crippen LogP contribution >= 0.6 is 0 Å². The minimum Gasteiger partial charge on any atom is -0.614 e. The van der Waals surface area contributed by atoms with Crippen molar-refractivity contribution < 1.29 is 33.2 Å². The predicted octanol–water partition coefficient (Wildman–Crippen LogP) is 3.17. The van der Waals surface area contributed by atoms with E-state index in [2.05, 4.69) is 5.32 Å². The van der Waals surface area contributed by atoms with Crippen molar-refractivity contribution in [2.45, 2.75) is 31.4 Å². The maximum atomic E-state index is 13.8. The van der Waals surface area contributed by atoms with Crippen molar-refractivity contribution in [3.05, 3.63) is 118 Å². The highest BCUT2D eigenvalue weighted by atomic mass is 32.2. The average molecular weight is 573 g/mol. The third kappa shape index (κ3) is 5.89. The molecule has 5 rings (SSSR count). The van der Waals surface area contributed by atoms with E-state index in [-0.39, 0.29) is 23.6 Å². The van der Waals surface area contributed by atoms with E-state index < -0.39 is 52.4 Å². The molecule has 3 aromatic rings. The zero-order chi connectivity index (χ0) is 29.1. The summed E-state index contributed by atoms with van der Waals surface area (Å²) >= 11 is -1.69. The fourth-order valence-corrected chi connectivity index (χ4v) is 6.48. The Bertz CT molecular complexity index is 1450. The molecule has 3 atom stereocenters. The van der Waals surface area contributed by atoms with Gasteiger partial charge in [-0.05, 0) is 41.4 Å². The van der Waals surface area contributed by atoms with Crippen molar-refractivity contribution in [3.63, 3.8) is 0 Å². The van der Waals surface area contributed by atoms with Crippen molar-refractivity contribution in [3.8, 4) is 0 Å². The van der Waals surface area contributed by atoms with E-state index in [9.17, 15) is 23.7 Å².